The lowest BCUT2D eigenvalue weighted by Gasteiger charge is -2.02. The Bertz CT molecular complexity index is 851. The zero-order valence-electron chi connectivity index (χ0n) is 10.6. The third-order valence-corrected chi connectivity index (χ3v) is 4.99. The van der Waals surface area contributed by atoms with Gasteiger partial charge in [-0.1, -0.05) is 6.07 Å². The molecule has 0 bridgehead atoms. The topological polar surface area (TPSA) is 86.2 Å². The number of hydrogen-bond donors (Lipinski definition) is 1. The molecule has 3 aromatic rings. The van der Waals surface area contributed by atoms with E-state index in [0.29, 0.717) is 17.0 Å². The summed E-state index contributed by atoms with van der Waals surface area (Å²) in [6.07, 6.45) is 1.16. The SMILES string of the molecule is CS(=O)(=O)c1ccc2oc(C(N)c3cccs3)nc2c1. The highest BCUT2D eigenvalue weighted by atomic mass is 32.2. The second kappa shape index (κ2) is 4.69. The van der Waals surface area contributed by atoms with Crippen molar-refractivity contribution >= 4 is 32.3 Å². The number of oxazole rings is 1. The molecular formula is C13H12N2O3S2. The van der Waals surface area contributed by atoms with Gasteiger partial charge in [0, 0.05) is 11.1 Å². The maximum atomic E-state index is 11.5. The van der Waals surface area contributed by atoms with Gasteiger partial charge in [-0.05, 0) is 29.6 Å². The smallest absolute Gasteiger partial charge is 0.217 e. The monoisotopic (exact) mass is 308 g/mol. The van der Waals surface area contributed by atoms with Crippen LogP contribution in [0.15, 0.2) is 45.0 Å². The fourth-order valence-corrected chi connectivity index (χ4v) is 3.24. The van der Waals surface area contributed by atoms with Crippen molar-refractivity contribution in [3.63, 3.8) is 0 Å². The van der Waals surface area contributed by atoms with Gasteiger partial charge in [0.15, 0.2) is 15.4 Å². The third-order valence-electron chi connectivity index (χ3n) is 2.92. The largest absolute Gasteiger partial charge is 0.439 e. The van der Waals surface area contributed by atoms with Crippen molar-refractivity contribution in [1.82, 2.24) is 4.98 Å². The van der Waals surface area contributed by atoms with E-state index in [2.05, 4.69) is 4.98 Å². The number of benzene rings is 1. The number of hydrogen-bond acceptors (Lipinski definition) is 6. The quantitative estimate of drug-likeness (QED) is 0.802. The Balaban J connectivity index is 2.07. The van der Waals surface area contributed by atoms with Crippen LogP contribution >= 0.6 is 11.3 Å². The van der Waals surface area contributed by atoms with Gasteiger partial charge in [0.1, 0.15) is 11.6 Å². The van der Waals surface area contributed by atoms with Gasteiger partial charge < -0.3 is 10.2 Å². The van der Waals surface area contributed by atoms with Crippen LogP contribution in [0.5, 0.6) is 0 Å². The summed E-state index contributed by atoms with van der Waals surface area (Å²) in [5.41, 5.74) is 7.11. The predicted molar refractivity (Wildman–Crippen MR) is 77.5 cm³/mol. The zero-order chi connectivity index (χ0) is 14.3. The Hall–Kier alpha value is -1.70. The van der Waals surface area contributed by atoms with Crippen molar-refractivity contribution in [2.24, 2.45) is 5.73 Å². The molecule has 0 spiro atoms. The van der Waals surface area contributed by atoms with E-state index in [1.165, 1.54) is 23.5 Å². The van der Waals surface area contributed by atoms with Gasteiger partial charge in [-0.15, -0.1) is 11.3 Å². The van der Waals surface area contributed by atoms with Gasteiger partial charge >= 0.3 is 0 Å². The van der Waals surface area contributed by atoms with Crippen molar-refractivity contribution in [3.8, 4) is 0 Å². The molecular weight excluding hydrogens is 296 g/mol. The molecule has 0 amide bonds. The number of rotatable bonds is 3. The molecule has 1 atom stereocenters. The number of aromatic nitrogens is 1. The molecule has 5 nitrogen and oxygen atoms in total. The summed E-state index contributed by atoms with van der Waals surface area (Å²) in [6.45, 7) is 0. The summed E-state index contributed by atoms with van der Waals surface area (Å²) in [4.78, 5) is 5.45. The molecule has 1 aromatic carbocycles. The first kappa shape index (κ1) is 13.3. The normalized spacial score (nSPS) is 13.7. The molecule has 104 valence electrons. The molecule has 0 radical (unpaired) electrons. The Morgan fingerprint density at radius 3 is 2.80 bits per heavy atom. The summed E-state index contributed by atoms with van der Waals surface area (Å²) in [7, 11) is -3.26. The predicted octanol–water partition coefficient (Wildman–Crippen LogP) is 2.34. The number of nitrogens with two attached hydrogens (primary N) is 1. The molecule has 2 aromatic heterocycles. The van der Waals surface area contributed by atoms with Crippen molar-refractivity contribution in [2.75, 3.05) is 6.26 Å². The van der Waals surface area contributed by atoms with Crippen LogP contribution in [0.25, 0.3) is 11.1 Å². The van der Waals surface area contributed by atoms with Crippen LogP contribution in [0.1, 0.15) is 16.8 Å². The van der Waals surface area contributed by atoms with Gasteiger partial charge in [0.25, 0.3) is 0 Å². The average molecular weight is 308 g/mol. The second-order valence-electron chi connectivity index (χ2n) is 4.45. The first-order chi connectivity index (χ1) is 9.45. The standard InChI is InChI=1S/C13H12N2O3S2/c1-20(16,17)8-4-5-10-9(7-8)15-13(18-10)12(14)11-3-2-6-19-11/h2-7,12H,14H2,1H3. The highest BCUT2D eigenvalue weighted by Crippen LogP contribution is 2.27. The van der Waals surface area contributed by atoms with Crippen molar-refractivity contribution in [3.05, 3.63) is 46.5 Å². The minimum Gasteiger partial charge on any atom is -0.439 e. The molecule has 3 rings (SSSR count). The van der Waals surface area contributed by atoms with Crippen LogP contribution in [0.2, 0.25) is 0 Å². The van der Waals surface area contributed by atoms with Gasteiger partial charge in [0.05, 0.1) is 4.90 Å². The van der Waals surface area contributed by atoms with E-state index in [-0.39, 0.29) is 4.90 Å². The summed E-state index contributed by atoms with van der Waals surface area (Å²) < 4.78 is 28.6. The first-order valence-corrected chi connectivity index (χ1v) is 8.62. The summed E-state index contributed by atoms with van der Waals surface area (Å²) in [5, 5.41) is 1.93. The molecule has 7 heteroatoms. The molecule has 0 aliphatic rings. The van der Waals surface area contributed by atoms with Crippen LogP contribution in [0, 0.1) is 0 Å². The molecule has 20 heavy (non-hydrogen) atoms. The summed E-state index contributed by atoms with van der Waals surface area (Å²) in [6, 6.07) is 7.98. The number of sulfone groups is 1. The van der Waals surface area contributed by atoms with E-state index in [9.17, 15) is 8.42 Å². The van der Waals surface area contributed by atoms with Crippen LogP contribution < -0.4 is 5.73 Å². The van der Waals surface area contributed by atoms with Crippen molar-refractivity contribution < 1.29 is 12.8 Å². The van der Waals surface area contributed by atoms with Crippen molar-refractivity contribution in [1.29, 1.82) is 0 Å². The van der Waals surface area contributed by atoms with E-state index < -0.39 is 15.9 Å². The van der Waals surface area contributed by atoms with E-state index in [4.69, 9.17) is 10.2 Å². The van der Waals surface area contributed by atoms with Gasteiger partial charge in [-0.25, -0.2) is 13.4 Å². The molecule has 0 saturated carbocycles. The van der Waals surface area contributed by atoms with Crippen LogP contribution in [-0.4, -0.2) is 19.7 Å². The Morgan fingerprint density at radius 1 is 1.35 bits per heavy atom. The van der Waals surface area contributed by atoms with E-state index >= 15 is 0 Å². The first-order valence-electron chi connectivity index (χ1n) is 5.85. The summed E-state index contributed by atoms with van der Waals surface area (Å²) >= 11 is 1.52. The molecule has 1 unspecified atom stereocenters. The molecule has 2 N–H and O–H groups in total. The lowest BCUT2D eigenvalue weighted by molar-refractivity contribution is 0.507. The van der Waals surface area contributed by atoms with E-state index in [1.807, 2.05) is 17.5 Å². The summed E-state index contributed by atoms with van der Waals surface area (Å²) in [5.74, 6) is 0.383. The Morgan fingerprint density at radius 2 is 2.15 bits per heavy atom. The Kier molecular flexibility index (Phi) is 3.12. The molecule has 0 fully saturated rings. The van der Waals surface area contributed by atoms with Crippen molar-refractivity contribution in [2.45, 2.75) is 10.9 Å². The van der Waals surface area contributed by atoms with Gasteiger partial charge in [-0.2, -0.15) is 0 Å². The number of nitrogens with zero attached hydrogens (tertiary/aromatic N) is 1. The highest BCUT2D eigenvalue weighted by Gasteiger charge is 2.18. The second-order valence-corrected chi connectivity index (χ2v) is 7.44. The zero-order valence-corrected chi connectivity index (χ0v) is 12.2. The molecule has 2 heterocycles. The van der Waals surface area contributed by atoms with Crippen LogP contribution in [0.4, 0.5) is 0 Å². The molecule has 0 aliphatic carbocycles. The average Bonchev–Trinajstić information content (AvgIpc) is 3.05. The van der Waals surface area contributed by atoms with E-state index in [0.717, 1.165) is 11.1 Å². The number of thiophene rings is 1. The van der Waals surface area contributed by atoms with Gasteiger partial charge in [0.2, 0.25) is 5.89 Å². The van der Waals surface area contributed by atoms with E-state index in [1.54, 1.807) is 6.07 Å². The highest BCUT2D eigenvalue weighted by molar-refractivity contribution is 7.90. The lowest BCUT2D eigenvalue weighted by Crippen LogP contribution is -2.10. The van der Waals surface area contributed by atoms with Gasteiger partial charge in [-0.3, -0.25) is 0 Å². The maximum absolute atomic E-state index is 11.5. The lowest BCUT2D eigenvalue weighted by atomic mass is 10.2. The minimum atomic E-state index is -3.26. The number of fused-ring (bicyclic) bond motifs is 1. The van der Waals surface area contributed by atoms with Crippen LogP contribution in [0.3, 0.4) is 0 Å². The maximum Gasteiger partial charge on any atom is 0.217 e. The Labute approximate surface area is 120 Å². The molecule has 0 saturated heterocycles. The van der Waals surface area contributed by atoms with Crippen LogP contribution in [-0.2, 0) is 9.84 Å². The fraction of sp³-hybridized carbons (Fsp3) is 0.154. The third kappa shape index (κ3) is 2.35. The minimum absolute atomic E-state index is 0.217. The molecule has 0 aliphatic heterocycles. The fourth-order valence-electron chi connectivity index (χ4n) is 1.88.